The molecule has 0 atom stereocenters. The Kier molecular flexibility index (Phi) is 16.8. The largest absolute Gasteiger partial charge is 0.233 e. The number of hydrogen-bond donors (Lipinski definition) is 0. The van der Waals surface area contributed by atoms with E-state index in [0.29, 0.717) is 77.0 Å². The van der Waals surface area contributed by atoms with Crippen molar-refractivity contribution in [2.75, 3.05) is 0 Å². The van der Waals surface area contributed by atoms with Gasteiger partial charge in [-0.2, -0.15) is 58.7 Å². The molecular formula is C30H60O12. The third-order valence-electron chi connectivity index (χ3n) is 8.54. The van der Waals surface area contributed by atoms with Crippen LogP contribution < -0.4 is 0 Å². The van der Waals surface area contributed by atoms with Gasteiger partial charge in [0.05, 0.1) is 0 Å². The molecule has 252 valence electrons. The summed E-state index contributed by atoms with van der Waals surface area (Å²) < 4.78 is 0. The Hall–Kier alpha value is -0.480. The lowest BCUT2D eigenvalue weighted by atomic mass is 10.1. The monoisotopic (exact) mass is 612 g/mol. The van der Waals surface area contributed by atoms with Gasteiger partial charge in [0.15, 0.2) is 0 Å². The lowest BCUT2D eigenvalue weighted by Crippen LogP contribution is -2.40. The molecule has 0 saturated carbocycles. The van der Waals surface area contributed by atoms with Crippen molar-refractivity contribution in [2.45, 2.75) is 195 Å². The molecular weight excluding hydrogens is 552 g/mol. The Bertz CT molecular complexity index is 518. The van der Waals surface area contributed by atoms with Gasteiger partial charge in [0.1, 0.15) is 0 Å². The number of rotatable bonds is 12. The van der Waals surface area contributed by atoms with Gasteiger partial charge < -0.3 is 0 Å². The van der Waals surface area contributed by atoms with Crippen molar-refractivity contribution in [3.05, 3.63) is 0 Å². The van der Waals surface area contributed by atoms with E-state index in [4.69, 9.17) is 58.7 Å². The van der Waals surface area contributed by atoms with Crippen molar-refractivity contribution in [1.29, 1.82) is 0 Å². The average molecular weight is 613 g/mol. The predicted molar refractivity (Wildman–Crippen MR) is 153 cm³/mol. The molecule has 0 aliphatic carbocycles. The Labute approximate surface area is 253 Å². The van der Waals surface area contributed by atoms with E-state index in [1.165, 1.54) is 0 Å². The molecule has 2 fully saturated rings. The summed E-state index contributed by atoms with van der Waals surface area (Å²) in [5.41, 5.74) is 0. The van der Waals surface area contributed by atoms with E-state index in [1.54, 1.807) is 0 Å². The molecule has 0 bridgehead atoms. The molecule has 0 spiro atoms. The molecule has 0 aromatic heterocycles. The van der Waals surface area contributed by atoms with E-state index in [0.717, 1.165) is 0 Å². The Balaban J connectivity index is 0.000000420. The van der Waals surface area contributed by atoms with Gasteiger partial charge in [-0.3, -0.25) is 0 Å². The van der Waals surface area contributed by atoms with Crippen LogP contribution in [0.15, 0.2) is 0 Å². The van der Waals surface area contributed by atoms with Gasteiger partial charge >= 0.3 is 0 Å². The summed E-state index contributed by atoms with van der Waals surface area (Å²) in [6.45, 7) is 23.4. The molecule has 2 heterocycles. The molecule has 0 N–H and O–H groups in total. The summed E-state index contributed by atoms with van der Waals surface area (Å²) in [6, 6.07) is 0. The Morgan fingerprint density at radius 3 is 0.310 bits per heavy atom. The molecule has 2 saturated heterocycles. The summed E-state index contributed by atoms with van der Waals surface area (Å²) in [4.78, 5) is 66.9. The molecule has 0 radical (unpaired) electrons. The smallest absolute Gasteiger partial charge is 0.195 e. The summed E-state index contributed by atoms with van der Waals surface area (Å²) in [5, 5.41) is 0. The van der Waals surface area contributed by atoms with Crippen LogP contribution in [-0.4, -0.2) is 34.7 Å². The fraction of sp³-hybridized carbons (Fsp3) is 1.00. The first kappa shape index (κ1) is 39.5. The quantitative estimate of drug-likeness (QED) is 0.196. The average Bonchev–Trinajstić information content (AvgIpc) is 3.18. The maximum Gasteiger partial charge on any atom is 0.233 e. The predicted octanol–water partition coefficient (Wildman–Crippen LogP) is 8.79. The van der Waals surface area contributed by atoms with Crippen LogP contribution in [0.3, 0.4) is 0 Å². The summed E-state index contributed by atoms with van der Waals surface area (Å²) in [6.07, 6.45) is 6.96. The first-order valence-corrected chi connectivity index (χ1v) is 16.2. The maximum atomic E-state index is 5.58. The zero-order valence-electron chi connectivity index (χ0n) is 28.4. The first-order chi connectivity index (χ1) is 20.0. The molecule has 0 amide bonds. The highest BCUT2D eigenvalue weighted by atomic mass is 17.4. The topological polar surface area (TPSA) is 111 Å². The van der Waals surface area contributed by atoms with Crippen LogP contribution in [-0.2, 0) is 58.7 Å². The lowest BCUT2D eigenvalue weighted by Gasteiger charge is -2.32. The molecule has 2 rings (SSSR count). The van der Waals surface area contributed by atoms with E-state index < -0.39 is 34.7 Å². The normalized spacial score (nSPS) is 24.9. The zero-order chi connectivity index (χ0) is 32.0. The summed E-state index contributed by atoms with van der Waals surface area (Å²) in [7, 11) is 0. The minimum atomic E-state index is -0.970. The van der Waals surface area contributed by atoms with Crippen LogP contribution in [0.25, 0.3) is 0 Å². The standard InChI is InChI=1S/2C15H30O6/c2*1-7-13(8-2)16-18-14(9-3,10-4)20-21-15(11-5,12-6)19-17-13/h2*7-12H2,1-6H3. The third kappa shape index (κ3) is 9.76. The van der Waals surface area contributed by atoms with E-state index in [1.807, 2.05) is 83.1 Å². The fourth-order valence-electron chi connectivity index (χ4n) is 3.91. The van der Waals surface area contributed by atoms with Crippen LogP contribution in [0, 0.1) is 0 Å². The molecule has 42 heavy (non-hydrogen) atoms. The minimum Gasteiger partial charge on any atom is -0.195 e. The minimum absolute atomic E-state index is 0.580. The van der Waals surface area contributed by atoms with Gasteiger partial charge in [-0.05, 0) is 0 Å². The molecule has 0 aromatic carbocycles. The number of hydrogen-bond acceptors (Lipinski definition) is 12. The Morgan fingerprint density at radius 1 is 0.190 bits per heavy atom. The fourth-order valence-corrected chi connectivity index (χ4v) is 3.91. The van der Waals surface area contributed by atoms with E-state index in [9.17, 15) is 0 Å². The van der Waals surface area contributed by atoms with Gasteiger partial charge in [-0.1, -0.05) is 83.1 Å². The molecule has 0 unspecified atom stereocenters. The lowest BCUT2D eigenvalue weighted by molar-refractivity contribution is -0.550. The van der Waals surface area contributed by atoms with Crippen LogP contribution in [0.2, 0.25) is 0 Å². The summed E-state index contributed by atoms with van der Waals surface area (Å²) in [5.74, 6) is -5.82. The molecule has 2 aliphatic heterocycles. The Morgan fingerprint density at radius 2 is 0.262 bits per heavy atom. The van der Waals surface area contributed by atoms with Gasteiger partial charge in [0.2, 0.25) is 34.7 Å². The maximum absolute atomic E-state index is 5.58. The molecule has 2 aliphatic rings. The van der Waals surface area contributed by atoms with Crippen LogP contribution >= 0.6 is 0 Å². The van der Waals surface area contributed by atoms with Crippen molar-refractivity contribution < 1.29 is 58.7 Å². The van der Waals surface area contributed by atoms with Crippen molar-refractivity contribution in [1.82, 2.24) is 0 Å². The third-order valence-corrected chi connectivity index (χ3v) is 8.54. The van der Waals surface area contributed by atoms with Crippen LogP contribution in [0.4, 0.5) is 0 Å². The molecule has 12 heteroatoms. The molecule has 0 aromatic rings. The van der Waals surface area contributed by atoms with Gasteiger partial charge in [0, 0.05) is 77.0 Å². The van der Waals surface area contributed by atoms with Crippen molar-refractivity contribution in [2.24, 2.45) is 0 Å². The van der Waals surface area contributed by atoms with E-state index >= 15 is 0 Å². The second kappa shape index (κ2) is 17.9. The second-order valence-corrected chi connectivity index (χ2v) is 10.7. The van der Waals surface area contributed by atoms with Crippen molar-refractivity contribution in [3.63, 3.8) is 0 Å². The van der Waals surface area contributed by atoms with Crippen LogP contribution in [0.1, 0.15) is 160 Å². The van der Waals surface area contributed by atoms with Gasteiger partial charge in [0.25, 0.3) is 0 Å². The highest BCUT2D eigenvalue weighted by Gasteiger charge is 2.47. The van der Waals surface area contributed by atoms with Gasteiger partial charge in [-0.15, -0.1) is 0 Å². The zero-order valence-corrected chi connectivity index (χ0v) is 28.4. The van der Waals surface area contributed by atoms with Gasteiger partial charge in [-0.25, -0.2) is 0 Å². The van der Waals surface area contributed by atoms with Crippen LogP contribution in [0.5, 0.6) is 0 Å². The second-order valence-electron chi connectivity index (χ2n) is 10.7. The molecule has 12 nitrogen and oxygen atoms in total. The van der Waals surface area contributed by atoms with E-state index in [-0.39, 0.29) is 0 Å². The van der Waals surface area contributed by atoms with Crippen molar-refractivity contribution in [3.8, 4) is 0 Å². The SMILES string of the molecule is CCC1(CC)OOC(CC)(CC)OOC(CC)(CC)OO1.CCC1(CC)OOC(CC)(CC)OOC(CC)(CC)OO1. The highest BCUT2D eigenvalue weighted by Crippen LogP contribution is 2.38. The first-order valence-electron chi connectivity index (χ1n) is 16.2. The highest BCUT2D eigenvalue weighted by molar-refractivity contribution is 4.70. The van der Waals surface area contributed by atoms with E-state index in [2.05, 4.69) is 0 Å². The van der Waals surface area contributed by atoms with Crippen molar-refractivity contribution >= 4 is 0 Å². The summed E-state index contributed by atoms with van der Waals surface area (Å²) >= 11 is 0.